The molecule has 0 aliphatic carbocycles. The Balaban J connectivity index is 1.85. The number of aromatic nitrogens is 2. The maximum absolute atomic E-state index is 5.62. The molecule has 3 rings (SSSR count). The standard InChI is InChI=1S/C16H21N3O2/c1-3-14(20-4-2)15-18-16(21-19-15)12-6-5-11-7-8-17-10-13(11)9-12/h5-6,9,14,17H,3-4,7-8,10H2,1-2H3. The first-order chi connectivity index (χ1) is 10.3. The second-order valence-corrected chi connectivity index (χ2v) is 5.22. The van der Waals surface area contributed by atoms with E-state index in [4.69, 9.17) is 9.26 Å². The highest BCUT2D eigenvalue weighted by Crippen LogP contribution is 2.25. The number of nitrogens with one attached hydrogen (secondary N) is 1. The lowest BCUT2D eigenvalue weighted by molar-refractivity contribution is 0.0518. The lowest BCUT2D eigenvalue weighted by Crippen LogP contribution is -2.23. The van der Waals surface area contributed by atoms with Crippen molar-refractivity contribution < 1.29 is 9.26 Å². The molecule has 1 atom stereocenters. The maximum atomic E-state index is 5.62. The average Bonchev–Trinajstić information content (AvgIpc) is 3.02. The van der Waals surface area contributed by atoms with Crippen molar-refractivity contribution in [2.45, 2.75) is 39.3 Å². The van der Waals surface area contributed by atoms with E-state index in [0.717, 1.165) is 31.5 Å². The van der Waals surface area contributed by atoms with Crippen LogP contribution in [0.2, 0.25) is 0 Å². The number of ether oxygens (including phenoxy) is 1. The van der Waals surface area contributed by atoms with Gasteiger partial charge in [0, 0.05) is 18.7 Å². The topological polar surface area (TPSA) is 60.2 Å². The average molecular weight is 287 g/mol. The zero-order chi connectivity index (χ0) is 14.7. The number of benzene rings is 1. The summed E-state index contributed by atoms with van der Waals surface area (Å²) in [6.45, 7) is 6.62. The normalized spacial score (nSPS) is 15.7. The minimum atomic E-state index is -0.0909. The molecule has 1 aromatic carbocycles. The summed E-state index contributed by atoms with van der Waals surface area (Å²) in [5.74, 6) is 1.20. The molecule has 0 saturated carbocycles. The van der Waals surface area contributed by atoms with Crippen LogP contribution in [0.25, 0.3) is 11.5 Å². The highest BCUT2D eigenvalue weighted by atomic mass is 16.5. The molecule has 0 radical (unpaired) electrons. The minimum absolute atomic E-state index is 0.0909. The lowest BCUT2D eigenvalue weighted by atomic mass is 9.98. The third-order valence-corrected chi connectivity index (χ3v) is 3.81. The van der Waals surface area contributed by atoms with Crippen LogP contribution < -0.4 is 5.32 Å². The number of fused-ring (bicyclic) bond motifs is 1. The Morgan fingerprint density at radius 2 is 2.24 bits per heavy atom. The zero-order valence-electron chi connectivity index (χ0n) is 12.6. The van der Waals surface area contributed by atoms with Gasteiger partial charge < -0.3 is 14.6 Å². The Labute approximate surface area is 124 Å². The molecular formula is C16H21N3O2. The van der Waals surface area contributed by atoms with Crippen LogP contribution in [0, 0.1) is 0 Å². The van der Waals surface area contributed by atoms with E-state index in [1.807, 2.05) is 6.92 Å². The molecule has 1 aliphatic rings. The number of hydrogen-bond donors (Lipinski definition) is 1. The van der Waals surface area contributed by atoms with E-state index in [0.29, 0.717) is 18.3 Å². The number of hydrogen-bond acceptors (Lipinski definition) is 5. The van der Waals surface area contributed by atoms with Gasteiger partial charge in [-0.25, -0.2) is 0 Å². The summed E-state index contributed by atoms with van der Waals surface area (Å²) in [5, 5.41) is 7.45. The van der Waals surface area contributed by atoms with Crippen molar-refractivity contribution in [3.63, 3.8) is 0 Å². The molecule has 2 heterocycles. The van der Waals surface area contributed by atoms with Crippen molar-refractivity contribution in [2.24, 2.45) is 0 Å². The van der Waals surface area contributed by atoms with Gasteiger partial charge in [-0.3, -0.25) is 0 Å². The van der Waals surface area contributed by atoms with E-state index in [1.54, 1.807) is 0 Å². The summed E-state index contributed by atoms with van der Waals surface area (Å²) in [6, 6.07) is 6.36. The highest BCUT2D eigenvalue weighted by Gasteiger charge is 2.18. The first-order valence-electron chi connectivity index (χ1n) is 7.60. The van der Waals surface area contributed by atoms with Crippen molar-refractivity contribution in [3.05, 3.63) is 35.2 Å². The molecule has 1 aliphatic heterocycles. The van der Waals surface area contributed by atoms with Crippen LogP contribution in [0.4, 0.5) is 0 Å². The van der Waals surface area contributed by atoms with E-state index in [2.05, 4.69) is 40.6 Å². The predicted molar refractivity (Wildman–Crippen MR) is 79.8 cm³/mol. The van der Waals surface area contributed by atoms with Crippen LogP contribution >= 0.6 is 0 Å². The summed E-state index contributed by atoms with van der Waals surface area (Å²) in [4.78, 5) is 4.50. The van der Waals surface area contributed by atoms with Gasteiger partial charge in [-0.2, -0.15) is 4.98 Å². The van der Waals surface area contributed by atoms with Gasteiger partial charge in [0.1, 0.15) is 6.10 Å². The fraction of sp³-hybridized carbons (Fsp3) is 0.500. The molecule has 1 unspecified atom stereocenters. The van der Waals surface area contributed by atoms with Crippen LogP contribution in [0.15, 0.2) is 22.7 Å². The Morgan fingerprint density at radius 3 is 3.05 bits per heavy atom. The smallest absolute Gasteiger partial charge is 0.258 e. The van der Waals surface area contributed by atoms with Gasteiger partial charge in [-0.15, -0.1) is 0 Å². The highest BCUT2D eigenvalue weighted by molar-refractivity contribution is 5.56. The first-order valence-corrected chi connectivity index (χ1v) is 7.60. The monoisotopic (exact) mass is 287 g/mol. The molecule has 1 aromatic heterocycles. The summed E-state index contributed by atoms with van der Waals surface area (Å²) in [5.41, 5.74) is 3.69. The molecule has 0 amide bonds. The zero-order valence-corrected chi connectivity index (χ0v) is 12.6. The Kier molecular flexibility index (Phi) is 4.31. The molecule has 21 heavy (non-hydrogen) atoms. The van der Waals surface area contributed by atoms with E-state index >= 15 is 0 Å². The van der Waals surface area contributed by atoms with Crippen molar-refractivity contribution in [1.82, 2.24) is 15.5 Å². The lowest BCUT2D eigenvalue weighted by Gasteiger charge is -2.17. The van der Waals surface area contributed by atoms with Crippen molar-refractivity contribution in [1.29, 1.82) is 0 Å². The van der Waals surface area contributed by atoms with Gasteiger partial charge in [-0.05, 0) is 49.6 Å². The largest absolute Gasteiger partial charge is 0.370 e. The second kappa shape index (κ2) is 6.37. The summed E-state index contributed by atoms with van der Waals surface area (Å²) in [7, 11) is 0. The fourth-order valence-electron chi connectivity index (χ4n) is 2.67. The molecule has 0 bridgehead atoms. The van der Waals surface area contributed by atoms with Gasteiger partial charge in [0.15, 0.2) is 0 Å². The van der Waals surface area contributed by atoms with E-state index in [9.17, 15) is 0 Å². The molecule has 0 spiro atoms. The Bertz CT molecular complexity index is 609. The predicted octanol–water partition coefficient (Wildman–Crippen LogP) is 2.87. The van der Waals surface area contributed by atoms with Gasteiger partial charge >= 0.3 is 0 Å². The van der Waals surface area contributed by atoms with Gasteiger partial charge in [-0.1, -0.05) is 18.1 Å². The minimum Gasteiger partial charge on any atom is -0.370 e. The Hall–Kier alpha value is -1.72. The van der Waals surface area contributed by atoms with E-state index in [-0.39, 0.29) is 6.10 Å². The molecule has 2 aromatic rings. The molecule has 1 N–H and O–H groups in total. The quantitative estimate of drug-likeness (QED) is 0.916. The van der Waals surface area contributed by atoms with Gasteiger partial charge in [0.05, 0.1) is 0 Å². The molecule has 112 valence electrons. The van der Waals surface area contributed by atoms with Crippen molar-refractivity contribution in [3.8, 4) is 11.5 Å². The Morgan fingerprint density at radius 1 is 1.33 bits per heavy atom. The van der Waals surface area contributed by atoms with Gasteiger partial charge in [0.2, 0.25) is 5.82 Å². The summed E-state index contributed by atoms with van der Waals surface area (Å²) >= 11 is 0. The van der Waals surface area contributed by atoms with Crippen molar-refractivity contribution in [2.75, 3.05) is 13.2 Å². The molecular weight excluding hydrogens is 266 g/mol. The third kappa shape index (κ3) is 2.99. The van der Waals surface area contributed by atoms with E-state index in [1.165, 1.54) is 11.1 Å². The molecule has 0 fully saturated rings. The number of rotatable bonds is 5. The SMILES string of the molecule is CCOC(CC)c1noc(-c2ccc3c(c2)CNCC3)n1. The van der Waals surface area contributed by atoms with Crippen LogP contribution in [0.3, 0.4) is 0 Å². The molecule has 5 nitrogen and oxygen atoms in total. The van der Waals surface area contributed by atoms with E-state index < -0.39 is 0 Å². The van der Waals surface area contributed by atoms with Crippen LogP contribution in [-0.2, 0) is 17.7 Å². The molecule has 5 heteroatoms. The third-order valence-electron chi connectivity index (χ3n) is 3.81. The maximum Gasteiger partial charge on any atom is 0.258 e. The molecule has 0 saturated heterocycles. The van der Waals surface area contributed by atoms with Crippen LogP contribution in [0.1, 0.15) is 43.3 Å². The van der Waals surface area contributed by atoms with Gasteiger partial charge in [0.25, 0.3) is 5.89 Å². The summed E-state index contributed by atoms with van der Waals surface area (Å²) < 4.78 is 11.0. The van der Waals surface area contributed by atoms with Crippen LogP contribution in [-0.4, -0.2) is 23.3 Å². The fourth-order valence-corrected chi connectivity index (χ4v) is 2.67. The number of nitrogens with zero attached hydrogens (tertiary/aromatic N) is 2. The van der Waals surface area contributed by atoms with Crippen LogP contribution in [0.5, 0.6) is 0 Å². The first kappa shape index (κ1) is 14.2. The van der Waals surface area contributed by atoms with Crippen molar-refractivity contribution >= 4 is 0 Å². The summed E-state index contributed by atoms with van der Waals surface area (Å²) in [6.07, 6.45) is 1.82. The second-order valence-electron chi connectivity index (χ2n) is 5.22.